The van der Waals surface area contributed by atoms with Crippen molar-refractivity contribution in [3.05, 3.63) is 77.9 Å². The van der Waals surface area contributed by atoms with Crippen LogP contribution in [-0.2, 0) is 15.7 Å². The van der Waals surface area contributed by atoms with E-state index in [1.54, 1.807) is 51.1 Å². The lowest BCUT2D eigenvalue weighted by Crippen LogP contribution is -2.27. The molecule has 0 saturated heterocycles. The predicted molar refractivity (Wildman–Crippen MR) is 96.2 cm³/mol. The van der Waals surface area contributed by atoms with E-state index in [2.05, 4.69) is 6.58 Å². The Morgan fingerprint density at radius 3 is 2.00 bits per heavy atom. The minimum absolute atomic E-state index is 0.00598. The molecule has 2 aromatic rings. The molecular formula is C21H21F3O3. The van der Waals surface area contributed by atoms with Crippen molar-refractivity contribution in [2.24, 2.45) is 0 Å². The average Bonchev–Trinajstić information content (AvgIpc) is 2.58. The van der Waals surface area contributed by atoms with Crippen LogP contribution in [0.2, 0.25) is 0 Å². The van der Waals surface area contributed by atoms with Gasteiger partial charge in [0.25, 0.3) is 0 Å². The van der Waals surface area contributed by atoms with Gasteiger partial charge in [-0.3, -0.25) is 0 Å². The summed E-state index contributed by atoms with van der Waals surface area (Å²) in [7, 11) is 0. The molecule has 0 aliphatic carbocycles. The van der Waals surface area contributed by atoms with Crippen LogP contribution in [0.5, 0.6) is 5.75 Å². The molecule has 6 heteroatoms. The highest BCUT2D eigenvalue weighted by atomic mass is 19.4. The first kappa shape index (κ1) is 20.6. The maximum Gasteiger partial charge on any atom is 0.416 e. The zero-order valence-corrected chi connectivity index (χ0v) is 15.3. The SMILES string of the molecule is C=C(C(=O)OC(C)(C)C)C(Oc1ccccc1)c1ccc(C(F)(F)F)cc1. The van der Waals surface area contributed by atoms with Crippen LogP contribution in [0.1, 0.15) is 38.0 Å². The summed E-state index contributed by atoms with van der Waals surface area (Å²) in [6.07, 6.45) is -5.43. The Bertz CT molecular complexity index is 788. The summed E-state index contributed by atoms with van der Waals surface area (Å²) in [4.78, 5) is 12.4. The van der Waals surface area contributed by atoms with Crippen LogP contribution in [0.25, 0.3) is 0 Å². The van der Waals surface area contributed by atoms with Crippen molar-refractivity contribution in [2.45, 2.75) is 38.7 Å². The van der Waals surface area contributed by atoms with Crippen LogP contribution in [0.15, 0.2) is 66.7 Å². The average molecular weight is 378 g/mol. The van der Waals surface area contributed by atoms with Crippen LogP contribution in [0.4, 0.5) is 13.2 Å². The zero-order chi connectivity index (χ0) is 20.2. The second-order valence-electron chi connectivity index (χ2n) is 6.96. The number of para-hydroxylation sites is 1. The Morgan fingerprint density at radius 2 is 1.52 bits per heavy atom. The molecule has 1 unspecified atom stereocenters. The van der Waals surface area contributed by atoms with Crippen molar-refractivity contribution in [3.8, 4) is 5.75 Å². The fourth-order valence-corrected chi connectivity index (χ4v) is 2.27. The molecule has 27 heavy (non-hydrogen) atoms. The van der Waals surface area contributed by atoms with Gasteiger partial charge in [-0.1, -0.05) is 36.9 Å². The van der Waals surface area contributed by atoms with Crippen LogP contribution >= 0.6 is 0 Å². The van der Waals surface area contributed by atoms with Gasteiger partial charge in [-0.25, -0.2) is 4.79 Å². The van der Waals surface area contributed by atoms with E-state index in [1.165, 1.54) is 12.1 Å². The molecule has 0 N–H and O–H groups in total. The van der Waals surface area contributed by atoms with Gasteiger partial charge in [0.1, 0.15) is 11.4 Å². The monoisotopic (exact) mass is 378 g/mol. The minimum Gasteiger partial charge on any atom is -0.481 e. The van der Waals surface area contributed by atoms with Crippen molar-refractivity contribution in [2.75, 3.05) is 0 Å². The molecule has 2 aromatic carbocycles. The number of rotatable bonds is 5. The van der Waals surface area contributed by atoms with E-state index >= 15 is 0 Å². The molecule has 0 aliphatic rings. The largest absolute Gasteiger partial charge is 0.481 e. The van der Waals surface area contributed by atoms with E-state index in [1.807, 2.05) is 0 Å². The number of hydrogen-bond donors (Lipinski definition) is 0. The first-order valence-corrected chi connectivity index (χ1v) is 8.28. The molecule has 0 saturated carbocycles. The number of carbonyl (C=O) groups is 1. The van der Waals surface area contributed by atoms with Gasteiger partial charge in [0, 0.05) is 0 Å². The van der Waals surface area contributed by atoms with Crippen molar-refractivity contribution < 1.29 is 27.4 Å². The Balaban J connectivity index is 2.34. The third-order valence-electron chi connectivity index (χ3n) is 3.52. The van der Waals surface area contributed by atoms with Crippen molar-refractivity contribution in [1.29, 1.82) is 0 Å². The zero-order valence-electron chi connectivity index (χ0n) is 15.3. The fraction of sp³-hybridized carbons (Fsp3) is 0.286. The molecule has 0 amide bonds. The molecule has 0 spiro atoms. The van der Waals surface area contributed by atoms with Gasteiger partial charge in [-0.15, -0.1) is 0 Å². The summed E-state index contributed by atoms with van der Waals surface area (Å²) >= 11 is 0. The van der Waals surface area contributed by atoms with Crippen molar-refractivity contribution in [1.82, 2.24) is 0 Å². The highest BCUT2D eigenvalue weighted by Crippen LogP contribution is 2.33. The molecule has 0 heterocycles. The molecule has 0 aromatic heterocycles. The summed E-state index contributed by atoms with van der Waals surface area (Å²) in [5.41, 5.74) is -1.17. The van der Waals surface area contributed by atoms with Gasteiger partial charge in [0.2, 0.25) is 0 Å². The standard InChI is InChI=1S/C21H21F3O3/c1-14(19(25)27-20(2,3)4)18(26-17-8-6-5-7-9-17)15-10-12-16(13-11-15)21(22,23)24/h5-13,18H,1H2,2-4H3. The Labute approximate surface area is 156 Å². The van der Waals surface area contributed by atoms with Gasteiger partial charge in [0.05, 0.1) is 11.1 Å². The third kappa shape index (κ3) is 5.88. The lowest BCUT2D eigenvalue weighted by Gasteiger charge is -2.25. The topological polar surface area (TPSA) is 35.5 Å². The number of esters is 1. The number of hydrogen-bond acceptors (Lipinski definition) is 3. The summed E-state index contributed by atoms with van der Waals surface area (Å²) < 4.78 is 49.6. The first-order valence-electron chi connectivity index (χ1n) is 8.28. The molecule has 2 rings (SSSR count). The Kier molecular flexibility index (Phi) is 5.98. The highest BCUT2D eigenvalue weighted by molar-refractivity contribution is 5.89. The van der Waals surface area contributed by atoms with E-state index in [4.69, 9.17) is 9.47 Å². The Hall–Kier alpha value is -2.76. The smallest absolute Gasteiger partial charge is 0.416 e. The van der Waals surface area contributed by atoms with E-state index in [0.717, 1.165) is 12.1 Å². The van der Waals surface area contributed by atoms with Gasteiger partial charge < -0.3 is 9.47 Å². The van der Waals surface area contributed by atoms with E-state index in [9.17, 15) is 18.0 Å². The Morgan fingerprint density at radius 1 is 0.963 bits per heavy atom. The molecular weight excluding hydrogens is 357 g/mol. The first-order chi connectivity index (χ1) is 12.5. The van der Waals surface area contributed by atoms with Crippen LogP contribution in [-0.4, -0.2) is 11.6 Å². The number of alkyl halides is 3. The molecule has 0 bridgehead atoms. The number of ether oxygens (including phenoxy) is 2. The molecule has 144 valence electrons. The second kappa shape index (κ2) is 7.86. The van der Waals surface area contributed by atoms with Gasteiger partial charge in [0.15, 0.2) is 6.10 Å². The number of benzene rings is 2. The lowest BCUT2D eigenvalue weighted by molar-refractivity contribution is -0.151. The predicted octanol–water partition coefficient (Wildman–Crippen LogP) is 5.72. The van der Waals surface area contributed by atoms with Gasteiger partial charge >= 0.3 is 12.1 Å². The van der Waals surface area contributed by atoms with Crippen molar-refractivity contribution >= 4 is 5.97 Å². The molecule has 0 fully saturated rings. The summed E-state index contributed by atoms with van der Waals surface area (Å²) in [5, 5.41) is 0. The van der Waals surface area contributed by atoms with E-state index < -0.39 is 29.4 Å². The van der Waals surface area contributed by atoms with Crippen LogP contribution < -0.4 is 4.74 Å². The summed E-state index contributed by atoms with van der Waals surface area (Å²) in [5.74, 6) is -0.226. The number of carbonyl (C=O) groups excluding carboxylic acids is 1. The minimum atomic E-state index is -4.45. The third-order valence-corrected chi connectivity index (χ3v) is 3.52. The molecule has 0 radical (unpaired) electrons. The maximum absolute atomic E-state index is 12.8. The molecule has 0 aliphatic heterocycles. The fourth-order valence-electron chi connectivity index (χ4n) is 2.27. The van der Waals surface area contributed by atoms with E-state index in [-0.39, 0.29) is 5.57 Å². The normalized spacial score (nSPS) is 13.0. The maximum atomic E-state index is 12.8. The summed E-state index contributed by atoms with van der Waals surface area (Å²) in [6, 6.07) is 13.1. The van der Waals surface area contributed by atoms with Gasteiger partial charge in [-0.2, -0.15) is 13.2 Å². The second-order valence-corrected chi connectivity index (χ2v) is 6.96. The van der Waals surface area contributed by atoms with Crippen LogP contribution in [0.3, 0.4) is 0 Å². The van der Waals surface area contributed by atoms with Crippen molar-refractivity contribution in [3.63, 3.8) is 0 Å². The van der Waals surface area contributed by atoms with Crippen LogP contribution in [0, 0.1) is 0 Å². The van der Waals surface area contributed by atoms with E-state index in [0.29, 0.717) is 11.3 Å². The molecule has 3 nitrogen and oxygen atoms in total. The number of halogens is 3. The summed E-state index contributed by atoms with van der Waals surface area (Å²) in [6.45, 7) is 8.90. The highest BCUT2D eigenvalue weighted by Gasteiger charge is 2.32. The quantitative estimate of drug-likeness (QED) is 0.493. The van der Waals surface area contributed by atoms with Gasteiger partial charge in [-0.05, 0) is 50.6 Å². The molecule has 1 atom stereocenters. The lowest BCUT2D eigenvalue weighted by atomic mass is 10.0.